The lowest BCUT2D eigenvalue weighted by molar-refractivity contribution is -0.385. The fourth-order valence-electron chi connectivity index (χ4n) is 3.47. The highest BCUT2D eigenvalue weighted by atomic mass is 16.6. The van der Waals surface area contributed by atoms with E-state index in [2.05, 4.69) is 14.8 Å². The molecule has 2 aliphatic heterocycles. The molecule has 0 spiro atoms. The van der Waals surface area contributed by atoms with Crippen LogP contribution in [0.5, 0.6) is 5.75 Å². The molecule has 0 radical (unpaired) electrons. The quantitative estimate of drug-likeness (QED) is 0.596. The number of anilines is 1. The van der Waals surface area contributed by atoms with Gasteiger partial charge in [-0.2, -0.15) is 0 Å². The van der Waals surface area contributed by atoms with Crippen LogP contribution >= 0.6 is 0 Å². The zero-order chi connectivity index (χ0) is 16.9. The smallest absolute Gasteiger partial charge is 0.291 e. The van der Waals surface area contributed by atoms with Crippen LogP contribution in [0.3, 0.4) is 0 Å². The highest BCUT2D eigenvalue weighted by Crippen LogP contribution is 2.32. The molecular weight excluding hydrogens is 312 g/mol. The molecule has 24 heavy (non-hydrogen) atoms. The molecule has 0 aliphatic carbocycles. The van der Waals surface area contributed by atoms with Gasteiger partial charge in [-0.25, -0.2) is 4.98 Å². The molecule has 1 aromatic rings. The number of hydrogen-bond acceptors (Lipinski definition) is 7. The van der Waals surface area contributed by atoms with Crippen LogP contribution in [0.1, 0.15) is 12.8 Å². The molecule has 3 rings (SSSR count). The van der Waals surface area contributed by atoms with Gasteiger partial charge in [0.15, 0.2) is 11.6 Å². The van der Waals surface area contributed by atoms with Crippen molar-refractivity contribution in [2.75, 3.05) is 57.9 Å². The fraction of sp³-hybridized carbons (Fsp3) is 0.688. The first kappa shape index (κ1) is 16.9. The van der Waals surface area contributed by atoms with Crippen molar-refractivity contribution in [2.45, 2.75) is 12.8 Å². The molecule has 0 N–H and O–H groups in total. The lowest BCUT2D eigenvalue weighted by Gasteiger charge is -2.37. The highest BCUT2D eigenvalue weighted by Gasteiger charge is 2.26. The summed E-state index contributed by atoms with van der Waals surface area (Å²) in [5.41, 5.74) is -0.0440. The van der Waals surface area contributed by atoms with E-state index in [0.29, 0.717) is 17.5 Å². The number of methoxy groups -OCH3 is 1. The Morgan fingerprint density at radius 3 is 2.92 bits per heavy atom. The van der Waals surface area contributed by atoms with Crippen LogP contribution in [0.4, 0.5) is 11.5 Å². The van der Waals surface area contributed by atoms with Crippen LogP contribution in [-0.4, -0.2) is 67.9 Å². The van der Waals surface area contributed by atoms with Gasteiger partial charge >= 0.3 is 0 Å². The molecule has 1 aromatic heterocycles. The van der Waals surface area contributed by atoms with Crippen molar-refractivity contribution in [3.8, 4) is 5.75 Å². The number of hydrogen-bond donors (Lipinski definition) is 0. The standard InChI is InChI=1S/C16H24N4O4/c1-23-15-9-14(20(21)22)10-17-16(15)19-4-2-3-13(12-19)11-18-5-7-24-8-6-18/h9-10,13H,2-8,11-12H2,1H3/t13-/m1/s1. The van der Waals surface area contributed by atoms with Crippen LogP contribution in [0.15, 0.2) is 12.3 Å². The van der Waals surface area contributed by atoms with Gasteiger partial charge in [0, 0.05) is 32.7 Å². The summed E-state index contributed by atoms with van der Waals surface area (Å²) in [4.78, 5) is 19.4. The number of morpholine rings is 1. The van der Waals surface area contributed by atoms with Crippen LogP contribution in [-0.2, 0) is 4.74 Å². The molecule has 8 nitrogen and oxygen atoms in total. The second kappa shape index (κ2) is 7.76. The van der Waals surface area contributed by atoms with Crippen LogP contribution in [0.2, 0.25) is 0 Å². The summed E-state index contributed by atoms with van der Waals surface area (Å²) in [6.45, 7) is 6.49. The second-order valence-electron chi connectivity index (χ2n) is 6.34. The topological polar surface area (TPSA) is 81.0 Å². The summed E-state index contributed by atoms with van der Waals surface area (Å²) >= 11 is 0. The van der Waals surface area contributed by atoms with Gasteiger partial charge in [0.2, 0.25) is 0 Å². The summed E-state index contributed by atoms with van der Waals surface area (Å²) < 4.78 is 10.7. The Labute approximate surface area is 141 Å². The van der Waals surface area contributed by atoms with Gasteiger partial charge in [-0.1, -0.05) is 0 Å². The summed E-state index contributed by atoms with van der Waals surface area (Å²) in [6, 6.07) is 1.45. The maximum atomic E-state index is 10.9. The molecule has 2 saturated heterocycles. The Balaban J connectivity index is 1.68. The van der Waals surface area contributed by atoms with E-state index in [1.165, 1.54) is 25.8 Å². The minimum atomic E-state index is -0.448. The number of nitrogens with zero attached hydrogens (tertiary/aromatic N) is 4. The number of aromatic nitrogens is 1. The predicted octanol–water partition coefficient (Wildman–Crippen LogP) is 1.55. The van der Waals surface area contributed by atoms with E-state index < -0.39 is 4.92 Å². The average Bonchev–Trinajstić information content (AvgIpc) is 2.62. The molecule has 0 aromatic carbocycles. The molecule has 3 heterocycles. The van der Waals surface area contributed by atoms with E-state index in [1.807, 2.05) is 0 Å². The van der Waals surface area contributed by atoms with Gasteiger partial charge in [-0.05, 0) is 18.8 Å². The normalized spacial score (nSPS) is 22.4. The average molecular weight is 336 g/mol. The summed E-state index contributed by atoms with van der Waals surface area (Å²) in [6.07, 6.45) is 3.60. The van der Waals surface area contributed by atoms with E-state index in [9.17, 15) is 10.1 Å². The molecule has 8 heteroatoms. The Morgan fingerprint density at radius 2 is 2.21 bits per heavy atom. The van der Waals surface area contributed by atoms with Crippen molar-refractivity contribution in [3.05, 3.63) is 22.4 Å². The minimum Gasteiger partial charge on any atom is -0.493 e. The molecule has 1 atom stereocenters. The molecular formula is C16H24N4O4. The molecule has 0 unspecified atom stereocenters. The van der Waals surface area contributed by atoms with Crippen LogP contribution < -0.4 is 9.64 Å². The van der Waals surface area contributed by atoms with Crippen LogP contribution in [0, 0.1) is 16.0 Å². The van der Waals surface area contributed by atoms with Crippen molar-refractivity contribution in [3.63, 3.8) is 0 Å². The first-order valence-corrected chi connectivity index (χ1v) is 8.41. The predicted molar refractivity (Wildman–Crippen MR) is 89.6 cm³/mol. The second-order valence-corrected chi connectivity index (χ2v) is 6.34. The zero-order valence-corrected chi connectivity index (χ0v) is 14.0. The number of piperidine rings is 1. The molecule has 0 bridgehead atoms. The van der Waals surface area contributed by atoms with Gasteiger partial charge in [0.25, 0.3) is 5.69 Å². The zero-order valence-electron chi connectivity index (χ0n) is 14.0. The van der Waals surface area contributed by atoms with Gasteiger partial charge in [0.05, 0.1) is 31.3 Å². The Morgan fingerprint density at radius 1 is 1.42 bits per heavy atom. The largest absolute Gasteiger partial charge is 0.493 e. The third-order valence-electron chi connectivity index (χ3n) is 4.69. The number of rotatable bonds is 5. The molecule has 2 fully saturated rings. The van der Waals surface area contributed by atoms with Crippen LogP contribution in [0.25, 0.3) is 0 Å². The number of ether oxygens (including phenoxy) is 2. The fourth-order valence-corrected chi connectivity index (χ4v) is 3.47. The summed E-state index contributed by atoms with van der Waals surface area (Å²) in [5, 5.41) is 10.9. The molecule has 0 amide bonds. The number of nitro groups is 1. The van der Waals surface area contributed by atoms with Gasteiger partial charge < -0.3 is 14.4 Å². The minimum absolute atomic E-state index is 0.0440. The third-order valence-corrected chi connectivity index (χ3v) is 4.69. The molecule has 132 valence electrons. The van der Waals surface area contributed by atoms with E-state index in [4.69, 9.17) is 9.47 Å². The van der Waals surface area contributed by atoms with Crippen molar-refractivity contribution in [1.82, 2.24) is 9.88 Å². The maximum Gasteiger partial charge on any atom is 0.291 e. The first-order chi connectivity index (χ1) is 11.7. The SMILES string of the molecule is COc1cc([N+](=O)[O-])cnc1N1CCC[C@H](CN2CCOCC2)C1. The summed E-state index contributed by atoms with van der Waals surface area (Å²) in [5.74, 6) is 1.74. The Hall–Kier alpha value is -1.93. The van der Waals surface area contributed by atoms with E-state index in [1.54, 1.807) is 0 Å². The van der Waals surface area contributed by atoms with Gasteiger partial charge in [-0.15, -0.1) is 0 Å². The summed E-state index contributed by atoms with van der Waals surface area (Å²) in [7, 11) is 1.53. The lowest BCUT2D eigenvalue weighted by Crippen LogP contribution is -2.44. The van der Waals surface area contributed by atoms with Crippen molar-refractivity contribution in [2.24, 2.45) is 5.92 Å². The molecule has 2 aliphatic rings. The van der Waals surface area contributed by atoms with Crippen molar-refractivity contribution in [1.29, 1.82) is 0 Å². The monoisotopic (exact) mass is 336 g/mol. The van der Waals surface area contributed by atoms with E-state index in [0.717, 1.165) is 52.4 Å². The maximum absolute atomic E-state index is 10.9. The van der Waals surface area contributed by atoms with Gasteiger partial charge in [-0.3, -0.25) is 15.0 Å². The first-order valence-electron chi connectivity index (χ1n) is 8.41. The lowest BCUT2D eigenvalue weighted by atomic mass is 9.97. The van der Waals surface area contributed by atoms with E-state index in [-0.39, 0.29) is 5.69 Å². The Bertz CT molecular complexity index is 577. The van der Waals surface area contributed by atoms with Crippen molar-refractivity contribution < 1.29 is 14.4 Å². The van der Waals surface area contributed by atoms with E-state index >= 15 is 0 Å². The van der Waals surface area contributed by atoms with Crippen molar-refractivity contribution >= 4 is 11.5 Å². The van der Waals surface area contributed by atoms with Gasteiger partial charge in [0.1, 0.15) is 6.20 Å². The highest BCUT2D eigenvalue weighted by molar-refractivity contribution is 5.56. The number of pyridine rings is 1. The third kappa shape index (κ3) is 3.93. The Kier molecular flexibility index (Phi) is 5.47. The molecule has 0 saturated carbocycles.